The van der Waals surface area contributed by atoms with Crippen molar-refractivity contribution >= 4 is 29.4 Å². The Morgan fingerprint density at radius 2 is 1.67 bits per heavy atom. The van der Waals surface area contributed by atoms with Crippen molar-refractivity contribution in [3.63, 3.8) is 0 Å². The Bertz CT molecular complexity index is 1210. The number of nitrogens with zero attached hydrogens (tertiary/aromatic N) is 4. The summed E-state index contributed by atoms with van der Waals surface area (Å²) in [4.78, 5) is 37.7. The highest BCUT2D eigenvalue weighted by atomic mass is 32.2. The van der Waals surface area contributed by atoms with E-state index in [0.717, 1.165) is 10.5 Å². The normalized spacial score (nSPS) is 17.2. The molecule has 1 aromatic carbocycles. The van der Waals surface area contributed by atoms with Crippen LogP contribution in [-0.2, 0) is 11.3 Å². The smallest absolute Gasteiger partial charge is 0.305 e. The summed E-state index contributed by atoms with van der Waals surface area (Å²) in [7, 11) is 0. The second-order valence-electron chi connectivity index (χ2n) is 7.85. The Labute approximate surface area is 191 Å². The number of alkyl halides is 3. The third-order valence-electron chi connectivity index (χ3n) is 5.68. The number of aromatic nitrogens is 2. The van der Waals surface area contributed by atoms with Gasteiger partial charge in [-0.2, -0.15) is 13.2 Å². The van der Waals surface area contributed by atoms with E-state index in [0.29, 0.717) is 24.2 Å². The number of halogens is 3. The first-order chi connectivity index (χ1) is 15.8. The van der Waals surface area contributed by atoms with Gasteiger partial charge in [0.1, 0.15) is 5.54 Å². The number of amides is 3. The Morgan fingerprint density at radius 1 is 0.939 bits per heavy atom. The maximum atomic E-state index is 13.3. The molecule has 6 nitrogen and oxygen atoms in total. The molecule has 2 aliphatic rings. The lowest BCUT2D eigenvalue weighted by Gasteiger charge is -2.21. The van der Waals surface area contributed by atoms with Crippen molar-refractivity contribution in [2.75, 3.05) is 4.90 Å². The molecule has 1 spiro atoms. The molecule has 0 N–H and O–H groups in total. The fraction of sp³-hybridized carbons (Fsp3) is 0.217. The van der Waals surface area contributed by atoms with Crippen molar-refractivity contribution in [3.8, 4) is 11.4 Å². The molecule has 0 bridgehead atoms. The summed E-state index contributed by atoms with van der Waals surface area (Å²) in [6.45, 7) is 0.214. The van der Waals surface area contributed by atoms with Gasteiger partial charge in [-0.3, -0.25) is 14.8 Å². The second kappa shape index (κ2) is 7.87. The highest BCUT2D eigenvalue weighted by Gasteiger charge is 2.65. The van der Waals surface area contributed by atoms with E-state index in [2.05, 4.69) is 9.97 Å². The number of carbonyl (C=O) groups excluding carboxylic acids is 2. The predicted octanol–water partition coefficient (Wildman–Crippen LogP) is 5.26. The Kier molecular flexibility index (Phi) is 5.12. The van der Waals surface area contributed by atoms with Crippen LogP contribution in [0.2, 0.25) is 0 Å². The molecular formula is C23H17F3N4O2S. The Balaban J connectivity index is 1.39. The first kappa shape index (κ1) is 21.4. The third kappa shape index (κ3) is 4.06. The van der Waals surface area contributed by atoms with Crippen LogP contribution in [0.25, 0.3) is 11.4 Å². The number of urea groups is 1. The SMILES string of the molecule is O=C1N(c2ccc(SC(F)(F)F)cc2)C(=O)C2(CC2)N1Cc1ccnc(-c2ccccn2)c1. The van der Waals surface area contributed by atoms with Crippen LogP contribution in [0.4, 0.5) is 23.7 Å². The monoisotopic (exact) mass is 470 g/mol. The average molecular weight is 470 g/mol. The number of anilines is 1. The summed E-state index contributed by atoms with van der Waals surface area (Å²) in [6, 6.07) is 13.9. The minimum Gasteiger partial charge on any atom is -0.305 e. The van der Waals surface area contributed by atoms with Crippen LogP contribution >= 0.6 is 11.8 Å². The van der Waals surface area contributed by atoms with Gasteiger partial charge in [0.25, 0.3) is 5.91 Å². The van der Waals surface area contributed by atoms with Crippen LogP contribution in [-0.4, -0.2) is 37.9 Å². The molecule has 1 aliphatic carbocycles. The van der Waals surface area contributed by atoms with Crippen molar-refractivity contribution in [1.82, 2.24) is 14.9 Å². The number of hydrogen-bond acceptors (Lipinski definition) is 5. The van der Waals surface area contributed by atoms with E-state index < -0.39 is 17.1 Å². The van der Waals surface area contributed by atoms with Gasteiger partial charge in [-0.1, -0.05) is 6.07 Å². The van der Waals surface area contributed by atoms with Gasteiger partial charge in [0.15, 0.2) is 0 Å². The summed E-state index contributed by atoms with van der Waals surface area (Å²) >= 11 is -0.242. The van der Waals surface area contributed by atoms with Gasteiger partial charge in [-0.25, -0.2) is 9.69 Å². The minimum atomic E-state index is -4.41. The molecule has 168 valence electrons. The minimum absolute atomic E-state index is 0.0119. The predicted molar refractivity (Wildman–Crippen MR) is 116 cm³/mol. The first-order valence-electron chi connectivity index (χ1n) is 10.2. The second-order valence-corrected chi connectivity index (χ2v) is 8.99. The molecule has 1 saturated heterocycles. The zero-order valence-corrected chi connectivity index (χ0v) is 17.9. The largest absolute Gasteiger partial charge is 0.446 e. The summed E-state index contributed by atoms with van der Waals surface area (Å²) in [5.41, 5.74) is -2.89. The van der Waals surface area contributed by atoms with E-state index in [1.807, 2.05) is 24.3 Å². The highest BCUT2D eigenvalue weighted by Crippen LogP contribution is 2.50. The fourth-order valence-electron chi connectivity index (χ4n) is 3.97. The van der Waals surface area contributed by atoms with Crippen molar-refractivity contribution in [1.29, 1.82) is 0 Å². The number of carbonyl (C=O) groups is 2. The van der Waals surface area contributed by atoms with Gasteiger partial charge in [-0.15, -0.1) is 0 Å². The molecule has 10 heteroatoms. The Morgan fingerprint density at radius 3 is 2.30 bits per heavy atom. The fourth-order valence-corrected chi connectivity index (χ4v) is 4.51. The number of benzene rings is 1. The maximum absolute atomic E-state index is 13.3. The first-order valence-corrected chi connectivity index (χ1v) is 11.0. The summed E-state index contributed by atoms with van der Waals surface area (Å²) in [6.07, 6.45) is 4.40. The topological polar surface area (TPSA) is 66.4 Å². The molecule has 0 unspecified atom stereocenters. The van der Waals surface area contributed by atoms with E-state index in [1.54, 1.807) is 23.4 Å². The molecule has 2 aromatic heterocycles. The third-order valence-corrected chi connectivity index (χ3v) is 6.42. The van der Waals surface area contributed by atoms with E-state index in [1.165, 1.54) is 24.3 Å². The molecule has 33 heavy (non-hydrogen) atoms. The van der Waals surface area contributed by atoms with Crippen LogP contribution in [0.5, 0.6) is 0 Å². The van der Waals surface area contributed by atoms with Gasteiger partial charge in [0.05, 0.1) is 17.1 Å². The number of rotatable bonds is 5. The van der Waals surface area contributed by atoms with Crippen molar-refractivity contribution < 1.29 is 22.8 Å². The van der Waals surface area contributed by atoms with Gasteiger partial charge >= 0.3 is 11.5 Å². The molecule has 2 fully saturated rings. The van der Waals surface area contributed by atoms with Gasteiger partial charge in [0.2, 0.25) is 0 Å². The molecular weight excluding hydrogens is 453 g/mol. The molecule has 3 heterocycles. The van der Waals surface area contributed by atoms with Crippen LogP contribution in [0, 0.1) is 0 Å². The zero-order chi connectivity index (χ0) is 23.2. The summed E-state index contributed by atoms with van der Waals surface area (Å²) < 4.78 is 37.8. The van der Waals surface area contributed by atoms with Crippen LogP contribution < -0.4 is 4.90 Å². The van der Waals surface area contributed by atoms with E-state index in [9.17, 15) is 22.8 Å². The van der Waals surface area contributed by atoms with Gasteiger partial charge in [-0.05, 0) is 78.7 Å². The van der Waals surface area contributed by atoms with Crippen molar-refractivity contribution in [2.24, 2.45) is 0 Å². The summed E-state index contributed by atoms with van der Waals surface area (Å²) in [5, 5.41) is 0. The molecule has 3 amide bonds. The molecule has 0 atom stereocenters. The van der Waals surface area contributed by atoms with E-state index in [-0.39, 0.29) is 34.8 Å². The molecule has 1 aliphatic heterocycles. The van der Waals surface area contributed by atoms with E-state index in [4.69, 9.17) is 0 Å². The quantitative estimate of drug-likeness (QED) is 0.376. The van der Waals surface area contributed by atoms with E-state index >= 15 is 0 Å². The van der Waals surface area contributed by atoms with Gasteiger partial charge in [0, 0.05) is 23.8 Å². The van der Waals surface area contributed by atoms with Crippen molar-refractivity contribution in [2.45, 2.75) is 35.3 Å². The molecule has 1 saturated carbocycles. The average Bonchev–Trinajstić information content (AvgIpc) is 3.57. The maximum Gasteiger partial charge on any atom is 0.446 e. The Hall–Kier alpha value is -3.40. The lowest BCUT2D eigenvalue weighted by atomic mass is 10.1. The highest BCUT2D eigenvalue weighted by molar-refractivity contribution is 8.00. The van der Waals surface area contributed by atoms with Crippen LogP contribution in [0.3, 0.4) is 0 Å². The summed E-state index contributed by atoms with van der Waals surface area (Å²) in [5.74, 6) is -0.345. The van der Waals surface area contributed by atoms with Crippen LogP contribution in [0.15, 0.2) is 71.9 Å². The lowest BCUT2D eigenvalue weighted by molar-refractivity contribution is -0.120. The number of thioether (sulfide) groups is 1. The van der Waals surface area contributed by atoms with Crippen LogP contribution in [0.1, 0.15) is 18.4 Å². The zero-order valence-electron chi connectivity index (χ0n) is 17.1. The number of hydrogen-bond donors (Lipinski definition) is 0. The molecule has 5 rings (SSSR count). The lowest BCUT2D eigenvalue weighted by Crippen LogP contribution is -2.36. The molecule has 0 radical (unpaired) electrons. The van der Waals surface area contributed by atoms with Gasteiger partial charge < -0.3 is 4.90 Å². The number of pyridine rings is 2. The molecule has 3 aromatic rings. The number of imide groups is 1. The van der Waals surface area contributed by atoms with Crippen molar-refractivity contribution in [3.05, 3.63) is 72.6 Å². The standard InChI is InChI=1S/C23H17F3N4O2S/c24-23(25,26)33-17-6-4-16(5-7-17)30-20(31)22(9-10-22)29(21(30)32)14-15-8-12-28-19(13-15)18-3-1-2-11-27-18/h1-8,11-13H,9-10,14H2.